The van der Waals surface area contributed by atoms with Crippen LogP contribution in [-0.4, -0.2) is 13.1 Å². The summed E-state index contributed by atoms with van der Waals surface area (Å²) < 4.78 is 13.1. The molecule has 0 unspecified atom stereocenters. The molecule has 0 spiro atoms. The van der Waals surface area contributed by atoms with Crippen molar-refractivity contribution >= 4 is 5.69 Å². The van der Waals surface area contributed by atoms with Gasteiger partial charge >= 0.3 is 0 Å². The van der Waals surface area contributed by atoms with Crippen molar-refractivity contribution in [3.63, 3.8) is 0 Å². The van der Waals surface area contributed by atoms with Crippen molar-refractivity contribution in [1.82, 2.24) is 5.32 Å². The smallest absolute Gasteiger partial charge is 0.123 e. The highest BCUT2D eigenvalue weighted by molar-refractivity contribution is 5.48. The van der Waals surface area contributed by atoms with Gasteiger partial charge in [-0.3, -0.25) is 0 Å². The summed E-state index contributed by atoms with van der Waals surface area (Å²) in [7, 11) is 0. The summed E-state index contributed by atoms with van der Waals surface area (Å²) in [6, 6.07) is 13.3. The minimum atomic E-state index is -0.182. The SMILES string of the molecule is CCN(Cc1cccc2c1CCNC2)c1ccc(F)cc1. The zero-order valence-electron chi connectivity index (χ0n) is 12.4. The summed E-state index contributed by atoms with van der Waals surface area (Å²) in [6.07, 6.45) is 1.09. The van der Waals surface area contributed by atoms with Crippen LogP contribution in [0.2, 0.25) is 0 Å². The Morgan fingerprint density at radius 2 is 1.95 bits per heavy atom. The van der Waals surface area contributed by atoms with Gasteiger partial charge in [0.2, 0.25) is 0 Å². The Bertz CT molecular complexity index is 607. The fourth-order valence-corrected chi connectivity index (χ4v) is 3.00. The Labute approximate surface area is 125 Å². The van der Waals surface area contributed by atoms with Crippen LogP contribution in [0.4, 0.5) is 10.1 Å². The summed E-state index contributed by atoms with van der Waals surface area (Å²) in [5.41, 5.74) is 5.36. The summed E-state index contributed by atoms with van der Waals surface area (Å²) >= 11 is 0. The molecule has 0 fully saturated rings. The standard InChI is InChI=1S/C18H21FN2/c1-2-21(17-8-6-16(19)7-9-17)13-15-5-3-4-14-12-20-11-10-18(14)15/h3-9,20H,2,10-13H2,1H3. The van der Waals surface area contributed by atoms with Gasteiger partial charge in [0.05, 0.1) is 0 Å². The molecule has 0 aliphatic carbocycles. The van der Waals surface area contributed by atoms with E-state index < -0.39 is 0 Å². The molecule has 0 radical (unpaired) electrons. The molecule has 2 aromatic rings. The molecule has 0 saturated heterocycles. The Morgan fingerprint density at radius 1 is 1.14 bits per heavy atom. The van der Waals surface area contributed by atoms with Crippen LogP contribution in [0.25, 0.3) is 0 Å². The second-order valence-electron chi connectivity index (χ2n) is 5.47. The van der Waals surface area contributed by atoms with E-state index in [0.29, 0.717) is 0 Å². The van der Waals surface area contributed by atoms with Crippen LogP contribution in [0, 0.1) is 5.82 Å². The van der Waals surface area contributed by atoms with E-state index in [4.69, 9.17) is 0 Å². The molecule has 3 rings (SSSR count). The summed E-state index contributed by atoms with van der Waals surface area (Å²) in [5, 5.41) is 3.42. The number of anilines is 1. The van der Waals surface area contributed by atoms with Crippen molar-refractivity contribution in [2.75, 3.05) is 18.0 Å². The van der Waals surface area contributed by atoms with Crippen molar-refractivity contribution < 1.29 is 4.39 Å². The van der Waals surface area contributed by atoms with Crippen molar-refractivity contribution in [3.8, 4) is 0 Å². The zero-order chi connectivity index (χ0) is 14.7. The van der Waals surface area contributed by atoms with Crippen LogP contribution in [0.5, 0.6) is 0 Å². The fourth-order valence-electron chi connectivity index (χ4n) is 3.00. The second-order valence-corrected chi connectivity index (χ2v) is 5.47. The molecule has 2 aromatic carbocycles. The van der Waals surface area contributed by atoms with Gasteiger partial charge in [-0.2, -0.15) is 0 Å². The average molecular weight is 284 g/mol. The van der Waals surface area contributed by atoms with Gasteiger partial charge in [0.25, 0.3) is 0 Å². The molecule has 1 aliphatic heterocycles. The lowest BCUT2D eigenvalue weighted by molar-refractivity contribution is 0.627. The minimum Gasteiger partial charge on any atom is -0.367 e. The average Bonchev–Trinajstić information content (AvgIpc) is 2.54. The highest BCUT2D eigenvalue weighted by Gasteiger charge is 2.14. The molecule has 2 nitrogen and oxygen atoms in total. The first-order valence-electron chi connectivity index (χ1n) is 7.59. The maximum Gasteiger partial charge on any atom is 0.123 e. The Balaban J connectivity index is 1.86. The van der Waals surface area contributed by atoms with E-state index in [2.05, 4.69) is 35.3 Å². The van der Waals surface area contributed by atoms with Crippen molar-refractivity contribution in [3.05, 3.63) is 65.0 Å². The Morgan fingerprint density at radius 3 is 2.71 bits per heavy atom. The number of hydrogen-bond acceptors (Lipinski definition) is 2. The first kappa shape index (κ1) is 14.1. The second kappa shape index (κ2) is 6.27. The van der Waals surface area contributed by atoms with Gasteiger partial charge in [-0.25, -0.2) is 4.39 Å². The van der Waals surface area contributed by atoms with E-state index in [1.807, 2.05) is 12.1 Å². The summed E-state index contributed by atoms with van der Waals surface area (Å²) in [5.74, 6) is -0.182. The maximum atomic E-state index is 13.1. The molecule has 1 aliphatic rings. The number of halogens is 1. The fraction of sp³-hybridized carbons (Fsp3) is 0.333. The Hall–Kier alpha value is -1.87. The van der Waals surface area contributed by atoms with Crippen LogP contribution in [0.1, 0.15) is 23.6 Å². The van der Waals surface area contributed by atoms with Crippen LogP contribution < -0.4 is 10.2 Å². The molecule has 1 heterocycles. The van der Waals surface area contributed by atoms with E-state index in [9.17, 15) is 4.39 Å². The van der Waals surface area contributed by atoms with Gasteiger partial charge in [-0.05, 0) is 60.8 Å². The van der Waals surface area contributed by atoms with Crippen LogP contribution in [0.3, 0.4) is 0 Å². The molecule has 0 bridgehead atoms. The highest BCUT2D eigenvalue weighted by atomic mass is 19.1. The molecule has 3 heteroatoms. The van der Waals surface area contributed by atoms with Crippen LogP contribution >= 0.6 is 0 Å². The zero-order valence-corrected chi connectivity index (χ0v) is 12.4. The third-order valence-electron chi connectivity index (χ3n) is 4.17. The molecule has 0 aromatic heterocycles. The van der Waals surface area contributed by atoms with E-state index in [-0.39, 0.29) is 5.82 Å². The monoisotopic (exact) mass is 284 g/mol. The first-order chi connectivity index (χ1) is 10.3. The normalized spacial score (nSPS) is 13.8. The van der Waals surface area contributed by atoms with Gasteiger partial charge < -0.3 is 10.2 Å². The van der Waals surface area contributed by atoms with E-state index >= 15 is 0 Å². The third kappa shape index (κ3) is 3.08. The molecule has 0 saturated carbocycles. The Kier molecular flexibility index (Phi) is 4.20. The number of nitrogens with zero attached hydrogens (tertiary/aromatic N) is 1. The number of fused-ring (bicyclic) bond motifs is 1. The minimum absolute atomic E-state index is 0.182. The molecular formula is C18H21FN2. The molecule has 21 heavy (non-hydrogen) atoms. The first-order valence-corrected chi connectivity index (χ1v) is 7.59. The number of rotatable bonds is 4. The van der Waals surface area contributed by atoms with Gasteiger partial charge in [0, 0.05) is 25.3 Å². The molecule has 0 atom stereocenters. The lowest BCUT2D eigenvalue weighted by atomic mass is 9.95. The van der Waals surface area contributed by atoms with E-state index in [1.165, 1.54) is 28.8 Å². The number of nitrogens with one attached hydrogen (secondary N) is 1. The number of hydrogen-bond donors (Lipinski definition) is 1. The molecular weight excluding hydrogens is 263 g/mol. The predicted molar refractivity (Wildman–Crippen MR) is 85.0 cm³/mol. The van der Waals surface area contributed by atoms with Gasteiger partial charge in [-0.1, -0.05) is 18.2 Å². The summed E-state index contributed by atoms with van der Waals surface area (Å²) in [4.78, 5) is 2.29. The molecule has 110 valence electrons. The molecule has 1 N–H and O–H groups in total. The van der Waals surface area contributed by atoms with Crippen molar-refractivity contribution in [1.29, 1.82) is 0 Å². The largest absolute Gasteiger partial charge is 0.367 e. The lowest BCUT2D eigenvalue weighted by Crippen LogP contribution is -2.27. The van der Waals surface area contributed by atoms with Crippen LogP contribution in [0.15, 0.2) is 42.5 Å². The third-order valence-corrected chi connectivity index (χ3v) is 4.17. The topological polar surface area (TPSA) is 15.3 Å². The van der Waals surface area contributed by atoms with E-state index in [0.717, 1.165) is 38.3 Å². The maximum absolute atomic E-state index is 13.1. The van der Waals surface area contributed by atoms with E-state index in [1.54, 1.807) is 0 Å². The highest BCUT2D eigenvalue weighted by Crippen LogP contribution is 2.23. The molecule has 0 amide bonds. The number of benzene rings is 2. The van der Waals surface area contributed by atoms with Crippen molar-refractivity contribution in [2.45, 2.75) is 26.4 Å². The van der Waals surface area contributed by atoms with Gasteiger partial charge in [-0.15, -0.1) is 0 Å². The van der Waals surface area contributed by atoms with Gasteiger partial charge in [0.15, 0.2) is 0 Å². The van der Waals surface area contributed by atoms with Crippen LogP contribution in [-0.2, 0) is 19.5 Å². The van der Waals surface area contributed by atoms with Crippen molar-refractivity contribution in [2.24, 2.45) is 0 Å². The van der Waals surface area contributed by atoms with Gasteiger partial charge in [0.1, 0.15) is 5.82 Å². The summed E-state index contributed by atoms with van der Waals surface area (Å²) in [6.45, 7) is 5.94. The predicted octanol–water partition coefficient (Wildman–Crippen LogP) is 3.50. The lowest BCUT2D eigenvalue weighted by Gasteiger charge is -2.27. The quantitative estimate of drug-likeness (QED) is 0.924.